The summed E-state index contributed by atoms with van der Waals surface area (Å²) in [6, 6.07) is 21.5. The van der Waals surface area contributed by atoms with Crippen molar-refractivity contribution in [3.05, 3.63) is 78.5 Å². The Bertz CT molecular complexity index is 1040. The summed E-state index contributed by atoms with van der Waals surface area (Å²) in [6.07, 6.45) is 1.79. The summed E-state index contributed by atoms with van der Waals surface area (Å²) in [6.45, 7) is 2.00. The molecule has 0 saturated carbocycles. The minimum absolute atomic E-state index is 0.232. The van der Waals surface area contributed by atoms with Crippen molar-refractivity contribution >= 4 is 11.8 Å². The first kappa shape index (κ1) is 16.4. The highest BCUT2D eigenvalue weighted by Crippen LogP contribution is 2.36. The molecule has 0 aliphatic rings. The number of hydrogen-bond donors (Lipinski definition) is 2. The molecule has 0 aliphatic heterocycles. The van der Waals surface area contributed by atoms with Gasteiger partial charge in [-0.25, -0.2) is 4.98 Å². The van der Waals surface area contributed by atoms with Gasteiger partial charge in [-0.3, -0.25) is 5.10 Å². The molecule has 0 atom stereocenters. The Hall–Kier alpha value is -3.05. The zero-order valence-corrected chi connectivity index (χ0v) is 15.0. The van der Waals surface area contributed by atoms with Gasteiger partial charge in [0.2, 0.25) is 0 Å². The first-order valence-electron chi connectivity index (χ1n) is 8.24. The van der Waals surface area contributed by atoms with E-state index in [1.807, 2.05) is 55.5 Å². The van der Waals surface area contributed by atoms with Crippen LogP contribution in [-0.2, 0) is 0 Å². The van der Waals surface area contributed by atoms with Crippen LogP contribution < -0.4 is 0 Å². The molecule has 0 saturated heterocycles. The predicted octanol–water partition coefficient (Wildman–Crippen LogP) is 5.30. The van der Waals surface area contributed by atoms with Crippen LogP contribution in [0.2, 0.25) is 0 Å². The summed E-state index contributed by atoms with van der Waals surface area (Å²) in [5, 5.41) is 18.5. The van der Waals surface area contributed by atoms with E-state index in [2.05, 4.69) is 27.3 Å². The van der Waals surface area contributed by atoms with Crippen LogP contribution in [0.25, 0.3) is 22.5 Å². The van der Waals surface area contributed by atoms with E-state index in [-0.39, 0.29) is 5.75 Å². The topological polar surface area (TPSA) is 61.8 Å². The monoisotopic (exact) mass is 359 g/mol. The van der Waals surface area contributed by atoms with Gasteiger partial charge in [-0.1, -0.05) is 41.6 Å². The second-order valence-corrected chi connectivity index (χ2v) is 7.02. The lowest BCUT2D eigenvalue weighted by Gasteiger charge is -2.05. The molecule has 0 radical (unpaired) electrons. The average Bonchev–Trinajstić information content (AvgIpc) is 3.15. The van der Waals surface area contributed by atoms with Crippen molar-refractivity contribution in [3.8, 4) is 28.3 Å². The highest BCUT2D eigenvalue weighted by Gasteiger charge is 2.13. The number of aryl methyl sites for hydroxylation is 1. The Balaban J connectivity index is 1.71. The summed E-state index contributed by atoms with van der Waals surface area (Å²) in [5.41, 5.74) is 4.35. The molecule has 0 aliphatic carbocycles. The van der Waals surface area contributed by atoms with E-state index in [0.717, 1.165) is 38.0 Å². The van der Waals surface area contributed by atoms with Gasteiger partial charge in [-0.15, -0.1) is 0 Å². The van der Waals surface area contributed by atoms with E-state index < -0.39 is 0 Å². The van der Waals surface area contributed by atoms with Gasteiger partial charge in [-0.05, 0) is 49.4 Å². The quantitative estimate of drug-likeness (QED) is 0.519. The molecule has 4 nitrogen and oxygen atoms in total. The molecule has 2 heterocycles. The smallest absolute Gasteiger partial charge is 0.124 e. The SMILES string of the molecule is Cc1ccc(O)c(-c2cc(-c3cccnc3Sc3ccccc3)n[nH]2)c1. The fourth-order valence-electron chi connectivity index (χ4n) is 2.73. The molecule has 0 unspecified atom stereocenters. The van der Waals surface area contributed by atoms with Crippen molar-refractivity contribution in [2.45, 2.75) is 16.8 Å². The third-order valence-electron chi connectivity index (χ3n) is 4.02. The third kappa shape index (κ3) is 3.34. The number of aromatic hydroxyl groups is 1. The molecule has 26 heavy (non-hydrogen) atoms. The lowest BCUT2D eigenvalue weighted by atomic mass is 10.1. The zero-order valence-electron chi connectivity index (χ0n) is 14.2. The maximum Gasteiger partial charge on any atom is 0.124 e. The van der Waals surface area contributed by atoms with Crippen molar-refractivity contribution < 1.29 is 5.11 Å². The molecule has 0 fully saturated rings. The van der Waals surface area contributed by atoms with Crippen LogP contribution in [0.1, 0.15) is 5.56 Å². The number of H-pyrrole nitrogens is 1. The van der Waals surface area contributed by atoms with E-state index in [1.54, 1.807) is 24.0 Å². The van der Waals surface area contributed by atoms with Crippen molar-refractivity contribution in [3.63, 3.8) is 0 Å². The first-order valence-corrected chi connectivity index (χ1v) is 9.06. The lowest BCUT2D eigenvalue weighted by Crippen LogP contribution is -1.86. The number of benzene rings is 2. The minimum atomic E-state index is 0.232. The van der Waals surface area contributed by atoms with Gasteiger partial charge in [0.1, 0.15) is 10.8 Å². The molecule has 2 aromatic heterocycles. The van der Waals surface area contributed by atoms with Gasteiger partial charge < -0.3 is 5.11 Å². The average molecular weight is 359 g/mol. The summed E-state index contributed by atoms with van der Waals surface area (Å²) in [5.74, 6) is 0.232. The Labute approximate surface area is 156 Å². The van der Waals surface area contributed by atoms with Crippen molar-refractivity contribution in [1.29, 1.82) is 0 Å². The number of nitrogens with zero attached hydrogens (tertiary/aromatic N) is 2. The number of aromatic amines is 1. The predicted molar refractivity (Wildman–Crippen MR) is 104 cm³/mol. The van der Waals surface area contributed by atoms with Gasteiger partial charge in [0, 0.05) is 22.2 Å². The van der Waals surface area contributed by atoms with E-state index in [1.165, 1.54) is 0 Å². The van der Waals surface area contributed by atoms with E-state index in [4.69, 9.17) is 0 Å². The van der Waals surface area contributed by atoms with Gasteiger partial charge >= 0.3 is 0 Å². The second-order valence-electron chi connectivity index (χ2n) is 5.96. The van der Waals surface area contributed by atoms with Gasteiger partial charge in [0.05, 0.1) is 11.4 Å². The molecule has 0 bridgehead atoms. The molecule has 5 heteroatoms. The van der Waals surface area contributed by atoms with E-state index >= 15 is 0 Å². The van der Waals surface area contributed by atoms with Gasteiger partial charge in [0.15, 0.2) is 0 Å². The van der Waals surface area contributed by atoms with Crippen LogP contribution in [0.4, 0.5) is 0 Å². The van der Waals surface area contributed by atoms with Crippen molar-refractivity contribution in [2.24, 2.45) is 0 Å². The lowest BCUT2D eigenvalue weighted by molar-refractivity contribution is 0.477. The standard InChI is InChI=1S/C21H17N3OS/c1-14-9-10-20(25)17(12-14)19-13-18(23-24-19)16-8-5-11-22-21(16)26-15-6-3-2-4-7-15/h2-13,25H,1H3,(H,23,24). The minimum Gasteiger partial charge on any atom is -0.507 e. The van der Waals surface area contributed by atoms with Crippen molar-refractivity contribution in [1.82, 2.24) is 15.2 Å². The fourth-order valence-corrected chi connectivity index (χ4v) is 3.64. The first-order chi connectivity index (χ1) is 12.7. The Morgan fingerprint density at radius 3 is 2.62 bits per heavy atom. The largest absolute Gasteiger partial charge is 0.507 e. The van der Waals surface area contributed by atoms with Crippen LogP contribution in [0.3, 0.4) is 0 Å². The van der Waals surface area contributed by atoms with E-state index in [9.17, 15) is 5.11 Å². The molecule has 0 spiro atoms. The van der Waals surface area contributed by atoms with Gasteiger partial charge in [-0.2, -0.15) is 5.10 Å². The maximum atomic E-state index is 10.2. The fraction of sp³-hybridized carbons (Fsp3) is 0.0476. The number of phenolic OH excluding ortho intramolecular Hbond substituents is 1. The maximum absolute atomic E-state index is 10.2. The molecule has 0 amide bonds. The number of rotatable bonds is 4. The summed E-state index contributed by atoms with van der Waals surface area (Å²) < 4.78 is 0. The highest BCUT2D eigenvalue weighted by atomic mass is 32.2. The van der Waals surface area contributed by atoms with Crippen LogP contribution >= 0.6 is 11.8 Å². The molecular weight excluding hydrogens is 342 g/mol. The van der Waals surface area contributed by atoms with Gasteiger partial charge in [0.25, 0.3) is 0 Å². The number of aromatic nitrogens is 3. The number of phenols is 1. The number of pyridine rings is 1. The second kappa shape index (κ2) is 7.06. The summed E-state index contributed by atoms with van der Waals surface area (Å²) in [4.78, 5) is 5.65. The molecule has 128 valence electrons. The highest BCUT2D eigenvalue weighted by molar-refractivity contribution is 7.99. The Kier molecular flexibility index (Phi) is 4.46. The summed E-state index contributed by atoms with van der Waals surface area (Å²) >= 11 is 1.61. The van der Waals surface area contributed by atoms with Crippen LogP contribution in [0.5, 0.6) is 5.75 Å². The van der Waals surface area contributed by atoms with Crippen LogP contribution in [-0.4, -0.2) is 20.3 Å². The number of nitrogens with one attached hydrogen (secondary N) is 1. The summed E-state index contributed by atoms with van der Waals surface area (Å²) in [7, 11) is 0. The Morgan fingerprint density at radius 2 is 1.77 bits per heavy atom. The third-order valence-corrected chi connectivity index (χ3v) is 5.05. The molecule has 2 aromatic carbocycles. The van der Waals surface area contributed by atoms with E-state index in [0.29, 0.717) is 0 Å². The van der Waals surface area contributed by atoms with Crippen LogP contribution in [0, 0.1) is 6.92 Å². The molecular formula is C21H17N3OS. The molecule has 4 rings (SSSR count). The van der Waals surface area contributed by atoms with Crippen LogP contribution in [0.15, 0.2) is 82.8 Å². The molecule has 4 aromatic rings. The number of hydrogen-bond acceptors (Lipinski definition) is 4. The van der Waals surface area contributed by atoms with Crippen molar-refractivity contribution in [2.75, 3.05) is 0 Å². The Morgan fingerprint density at radius 1 is 0.923 bits per heavy atom. The molecule has 2 N–H and O–H groups in total. The normalized spacial score (nSPS) is 10.8. The zero-order chi connectivity index (χ0) is 17.9.